The SMILES string of the molecule is CCS(=O)(=O)N1CCN(C(=O)[C@H](CCC(=O)OC(C)(C)C)NC(=O)c2cccc(-c3ccccc3)n2)CC1. The highest BCUT2D eigenvalue weighted by Crippen LogP contribution is 2.18. The standard InChI is InChI=1S/C27H36N4O6S/c1-5-38(35,36)31-18-16-30(17-19-31)26(34)23(14-15-24(32)37-27(2,3)4)29-25(33)22-13-9-12-21(28-22)20-10-7-6-8-11-20/h6-13,23H,5,14-19H2,1-4H3,(H,29,33)/t23-/m0/s1. The average Bonchev–Trinajstić information content (AvgIpc) is 2.90. The molecule has 0 radical (unpaired) electrons. The average molecular weight is 545 g/mol. The fraction of sp³-hybridized carbons (Fsp3) is 0.481. The molecule has 1 fully saturated rings. The first-order valence-corrected chi connectivity index (χ1v) is 14.3. The molecular weight excluding hydrogens is 508 g/mol. The van der Waals surface area contributed by atoms with Gasteiger partial charge in [0.05, 0.1) is 11.4 Å². The number of rotatable bonds is 9. The molecule has 2 aromatic rings. The lowest BCUT2D eigenvalue weighted by molar-refractivity contribution is -0.155. The Kier molecular flexibility index (Phi) is 9.61. The number of nitrogens with zero attached hydrogens (tertiary/aromatic N) is 3. The van der Waals surface area contributed by atoms with Crippen molar-refractivity contribution in [3.8, 4) is 11.3 Å². The van der Waals surface area contributed by atoms with Crippen molar-refractivity contribution < 1.29 is 27.5 Å². The Labute approximate surface area is 224 Å². The topological polar surface area (TPSA) is 126 Å². The number of esters is 1. The highest BCUT2D eigenvalue weighted by atomic mass is 32.2. The second-order valence-corrected chi connectivity index (χ2v) is 12.3. The van der Waals surface area contributed by atoms with Gasteiger partial charge in [-0.05, 0) is 46.2 Å². The van der Waals surface area contributed by atoms with Crippen LogP contribution in [0.15, 0.2) is 48.5 Å². The maximum atomic E-state index is 13.4. The minimum Gasteiger partial charge on any atom is -0.460 e. The molecule has 1 N–H and O–H groups in total. The number of nitrogens with one attached hydrogen (secondary N) is 1. The van der Waals surface area contributed by atoms with Gasteiger partial charge >= 0.3 is 5.97 Å². The number of amides is 2. The molecule has 1 aromatic carbocycles. The van der Waals surface area contributed by atoms with Crippen LogP contribution in [0.1, 0.15) is 51.0 Å². The zero-order valence-electron chi connectivity index (χ0n) is 22.3. The quantitative estimate of drug-likeness (QED) is 0.481. The smallest absolute Gasteiger partial charge is 0.306 e. The second kappa shape index (κ2) is 12.5. The summed E-state index contributed by atoms with van der Waals surface area (Å²) < 4.78 is 31.1. The van der Waals surface area contributed by atoms with E-state index in [0.717, 1.165) is 5.56 Å². The van der Waals surface area contributed by atoms with Crippen molar-refractivity contribution in [1.82, 2.24) is 19.5 Å². The molecule has 0 spiro atoms. The van der Waals surface area contributed by atoms with E-state index in [-0.39, 0.29) is 56.4 Å². The number of benzene rings is 1. The molecule has 0 aliphatic carbocycles. The second-order valence-electron chi connectivity index (χ2n) is 10.1. The van der Waals surface area contributed by atoms with Crippen LogP contribution in [0.4, 0.5) is 0 Å². The van der Waals surface area contributed by atoms with Gasteiger partial charge in [-0.15, -0.1) is 0 Å². The Morgan fingerprint density at radius 2 is 1.66 bits per heavy atom. The molecule has 2 amide bonds. The Morgan fingerprint density at radius 1 is 1.00 bits per heavy atom. The first kappa shape index (κ1) is 29.2. The van der Waals surface area contributed by atoms with E-state index in [0.29, 0.717) is 5.69 Å². The van der Waals surface area contributed by atoms with E-state index in [1.165, 1.54) is 9.21 Å². The molecule has 1 aliphatic rings. The van der Waals surface area contributed by atoms with Crippen LogP contribution in [0.2, 0.25) is 0 Å². The van der Waals surface area contributed by atoms with E-state index in [4.69, 9.17) is 4.74 Å². The minimum atomic E-state index is -3.36. The molecule has 0 saturated carbocycles. The first-order valence-electron chi connectivity index (χ1n) is 12.7. The molecule has 38 heavy (non-hydrogen) atoms. The third-order valence-corrected chi connectivity index (χ3v) is 7.90. The molecule has 1 atom stereocenters. The summed E-state index contributed by atoms with van der Waals surface area (Å²) >= 11 is 0. The Hall–Kier alpha value is -3.31. The summed E-state index contributed by atoms with van der Waals surface area (Å²) in [4.78, 5) is 45.0. The molecule has 1 aliphatic heterocycles. The first-order chi connectivity index (χ1) is 17.9. The van der Waals surface area contributed by atoms with Crippen LogP contribution < -0.4 is 5.32 Å². The van der Waals surface area contributed by atoms with Crippen LogP contribution in [0, 0.1) is 0 Å². The van der Waals surface area contributed by atoms with Crippen molar-refractivity contribution in [2.75, 3.05) is 31.9 Å². The maximum Gasteiger partial charge on any atom is 0.306 e. The highest BCUT2D eigenvalue weighted by Gasteiger charge is 2.32. The molecule has 11 heteroatoms. The van der Waals surface area contributed by atoms with Crippen molar-refractivity contribution in [1.29, 1.82) is 0 Å². The molecule has 1 saturated heterocycles. The van der Waals surface area contributed by atoms with Gasteiger partial charge in [0.15, 0.2) is 0 Å². The van der Waals surface area contributed by atoms with Crippen LogP contribution >= 0.6 is 0 Å². The lowest BCUT2D eigenvalue weighted by Gasteiger charge is -2.35. The summed E-state index contributed by atoms with van der Waals surface area (Å²) in [7, 11) is -3.36. The molecule has 3 rings (SSSR count). The number of sulfonamides is 1. The summed E-state index contributed by atoms with van der Waals surface area (Å²) in [5.41, 5.74) is 0.922. The van der Waals surface area contributed by atoms with Gasteiger partial charge in [-0.2, -0.15) is 4.31 Å². The molecule has 2 heterocycles. The largest absolute Gasteiger partial charge is 0.460 e. The number of pyridine rings is 1. The number of hydrogen-bond acceptors (Lipinski definition) is 7. The van der Waals surface area contributed by atoms with E-state index in [9.17, 15) is 22.8 Å². The number of ether oxygens (including phenoxy) is 1. The lowest BCUT2D eigenvalue weighted by atomic mass is 10.1. The minimum absolute atomic E-state index is 0.00936. The van der Waals surface area contributed by atoms with Gasteiger partial charge in [0.25, 0.3) is 5.91 Å². The molecule has 0 unspecified atom stereocenters. The van der Waals surface area contributed by atoms with Crippen molar-refractivity contribution in [2.24, 2.45) is 0 Å². The Morgan fingerprint density at radius 3 is 2.26 bits per heavy atom. The lowest BCUT2D eigenvalue weighted by Crippen LogP contribution is -2.56. The van der Waals surface area contributed by atoms with Gasteiger partial charge in [0.2, 0.25) is 15.9 Å². The summed E-state index contributed by atoms with van der Waals surface area (Å²) in [5, 5.41) is 2.75. The molecule has 1 aromatic heterocycles. The third-order valence-electron chi connectivity index (χ3n) is 6.02. The van der Waals surface area contributed by atoms with Crippen LogP contribution in [-0.2, 0) is 24.3 Å². The van der Waals surface area contributed by atoms with E-state index in [1.54, 1.807) is 45.9 Å². The number of piperazine rings is 1. The molecule has 10 nitrogen and oxygen atoms in total. The summed E-state index contributed by atoms with van der Waals surface area (Å²) in [6.07, 6.45) is -0.0407. The number of carbonyl (C=O) groups is 3. The molecule has 0 bridgehead atoms. The van der Waals surface area contributed by atoms with Crippen LogP contribution in [0.25, 0.3) is 11.3 Å². The number of aromatic nitrogens is 1. The Bertz CT molecular complexity index is 1240. The fourth-order valence-electron chi connectivity index (χ4n) is 4.06. The van der Waals surface area contributed by atoms with Gasteiger partial charge in [-0.1, -0.05) is 36.4 Å². The van der Waals surface area contributed by atoms with E-state index < -0.39 is 33.5 Å². The van der Waals surface area contributed by atoms with E-state index >= 15 is 0 Å². The zero-order chi connectivity index (χ0) is 27.9. The summed E-state index contributed by atoms with van der Waals surface area (Å²) in [6, 6.07) is 13.5. The summed E-state index contributed by atoms with van der Waals surface area (Å²) in [6.45, 7) is 7.58. The monoisotopic (exact) mass is 544 g/mol. The third kappa shape index (κ3) is 8.09. The van der Waals surface area contributed by atoms with Crippen LogP contribution in [-0.4, -0.2) is 84.0 Å². The van der Waals surface area contributed by atoms with Crippen molar-refractivity contribution in [3.05, 3.63) is 54.2 Å². The summed E-state index contributed by atoms with van der Waals surface area (Å²) in [5.74, 6) is -1.41. The van der Waals surface area contributed by atoms with Gasteiger partial charge in [-0.3, -0.25) is 14.4 Å². The predicted octanol–water partition coefficient (Wildman–Crippen LogP) is 2.46. The fourth-order valence-corrected chi connectivity index (χ4v) is 5.15. The van der Waals surface area contributed by atoms with Gasteiger partial charge in [0.1, 0.15) is 17.3 Å². The van der Waals surface area contributed by atoms with Crippen molar-refractivity contribution in [2.45, 2.75) is 52.2 Å². The zero-order valence-corrected chi connectivity index (χ0v) is 23.2. The number of carbonyl (C=O) groups excluding carboxylic acids is 3. The molecule has 206 valence electrons. The van der Waals surface area contributed by atoms with Crippen LogP contribution in [0.3, 0.4) is 0 Å². The van der Waals surface area contributed by atoms with Gasteiger partial charge in [0, 0.05) is 38.2 Å². The van der Waals surface area contributed by atoms with Gasteiger partial charge in [-0.25, -0.2) is 13.4 Å². The highest BCUT2D eigenvalue weighted by molar-refractivity contribution is 7.89. The van der Waals surface area contributed by atoms with Gasteiger partial charge < -0.3 is 15.0 Å². The predicted molar refractivity (Wildman–Crippen MR) is 144 cm³/mol. The molecular formula is C27H36N4O6S. The maximum absolute atomic E-state index is 13.4. The number of hydrogen-bond donors (Lipinski definition) is 1. The van der Waals surface area contributed by atoms with E-state index in [1.807, 2.05) is 30.3 Å². The van der Waals surface area contributed by atoms with Crippen LogP contribution in [0.5, 0.6) is 0 Å². The van der Waals surface area contributed by atoms with E-state index in [2.05, 4.69) is 10.3 Å². The van der Waals surface area contributed by atoms with Crippen molar-refractivity contribution >= 4 is 27.8 Å². The normalized spacial score (nSPS) is 15.5. The van der Waals surface area contributed by atoms with Crippen molar-refractivity contribution in [3.63, 3.8) is 0 Å². The Balaban J connectivity index is 1.75.